The molecule has 12 nitrogen and oxygen atoms in total. The van der Waals surface area contributed by atoms with Crippen molar-refractivity contribution in [2.75, 3.05) is 18.6 Å². The number of rotatable bonds is 12. The van der Waals surface area contributed by atoms with E-state index in [-0.39, 0.29) is 19.4 Å². The number of hydrogen-bond acceptors (Lipinski definition) is 8. The Morgan fingerprint density at radius 1 is 1.16 bits per heavy atom. The Hall–Kier alpha value is -2.38. The SMILES string of the molecule is CSCCC(NC(=O)C(N)C(C)O)C(=O)NC(CC(N)=O)C(=O)N1CCCC1C(=O)O. The van der Waals surface area contributed by atoms with Crippen LogP contribution in [0.4, 0.5) is 0 Å². The lowest BCUT2D eigenvalue weighted by molar-refractivity contribution is -0.149. The third-order valence-corrected chi connectivity index (χ3v) is 5.55. The second kappa shape index (κ2) is 12.5. The zero-order valence-electron chi connectivity index (χ0n) is 17.6. The molecule has 0 radical (unpaired) electrons. The number of aliphatic hydroxyl groups is 1. The summed E-state index contributed by atoms with van der Waals surface area (Å²) in [5.41, 5.74) is 10.8. The number of nitrogens with one attached hydrogen (secondary N) is 2. The van der Waals surface area contributed by atoms with Crippen LogP contribution in [-0.4, -0.2) is 93.5 Å². The van der Waals surface area contributed by atoms with E-state index < -0.39 is 66.3 Å². The lowest BCUT2D eigenvalue weighted by atomic mass is 10.1. The van der Waals surface area contributed by atoms with Crippen molar-refractivity contribution in [3.05, 3.63) is 0 Å². The molecule has 0 bridgehead atoms. The molecule has 1 aliphatic heterocycles. The van der Waals surface area contributed by atoms with E-state index in [9.17, 15) is 34.2 Å². The summed E-state index contributed by atoms with van der Waals surface area (Å²) in [7, 11) is 0. The first-order chi connectivity index (χ1) is 14.5. The van der Waals surface area contributed by atoms with Gasteiger partial charge in [-0.2, -0.15) is 11.8 Å². The number of thioether (sulfide) groups is 1. The van der Waals surface area contributed by atoms with Crippen LogP contribution in [0.15, 0.2) is 0 Å². The maximum absolute atomic E-state index is 12.9. The fourth-order valence-electron chi connectivity index (χ4n) is 3.15. The Bertz CT molecular complexity index is 690. The van der Waals surface area contributed by atoms with Gasteiger partial charge in [-0.3, -0.25) is 19.2 Å². The van der Waals surface area contributed by atoms with E-state index in [1.54, 1.807) is 6.26 Å². The number of aliphatic hydroxyl groups excluding tert-OH is 1. The minimum absolute atomic E-state index is 0.177. The molecule has 1 rings (SSSR count). The van der Waals surface area contributed by atoms with E-state index in [1.807, 2.05) is 0 Å². The smallest absolute Gasteiger partial charge is 0.326 e. The third-order valence-electron chi connectivity index (χ3n) is 4.91. The largest absolute Gasteiger partial charge is 0.480 e. The lowest BCUT2D eigenvalue weighted by Gasteiger charge is -2.28. The first-order valence-electron chi connectivity index (χ1n) is 9.84. The minimum Gasteiger partial charge on any atom is -0.480 e. The van der Waals surface area contributed by atoms with Gasteiger partial charge in [0.1, 0.15) is 24.2 Å². The summed E-state index contributed by atoms with van der Waals surface area (Å²) >= 11 is 1.42. The molecule has 0 saturated carbocycles. The van der Waals surface area contributed by atoms with Crippen LogP contribution in [0.5, 0.6) is 0 Å². The third kappa shape index (κ3) is 7.99. The Morgan fingerprint density at radius 2 is 1.77 bits per heavy atom. The highest BCUT2D eigenvalue weighted by molar-refractivity contribution is 7.98. The van der Waals surface area contributed by atoms with E-state index >= 15 is 0 Å². The second-order valence-electron chi connectivity index (χ2n) is 7.37. The topological polar surface area (TPSA) is 205 Å². The van der Waals surface area contributed by atoms with Crippen molar-refractivity contribution in [2.45, 2.75) is 62.9 Å². The van der Waals surface area contributed by atoms with E-state index in [1.165, 1.54) is 18.7 Å². The molecule has 1 fully saturated rings. The number of carboxylic acids is 1. The van der Waals surface area contributed by atoms with Crippen LogP contribution in [0.25, 0.3) is 0 Å². The molecule has 5 atom stereocenters. The lowest BCUT2D eigenvalue weighted by Crippen LogP contribution is -2.58. The molecule has 0 aromatic rings. The normalized spacial score (nSPS) is 19.7. The number of hydrogen-bond donors (Lipinski definition) is 6. The maximum atomic E-state index is 12.9. The number of nitrogens with two attached hydrogens (primary N) is 2. The number of likely N-dealkylation sites (tertiary alicyclic amines) is 1. The number of aliphatic carboxylic acids is 1. The summed E-state index contributed by atoms with van der Waals surface area (Å²) in [6, 6.07) is -4.75. The van der Waals surface area contributed by atoms with Gasteiger partial charge in [-0.05, 0) is 38.2 Å². The summed E-state index contributed by atoms with van der Waals surface area (Å²) in [4.78, 5) is 61.9. The number of nitrogens with zero attached hydrogens (tertiary/aromatic N) is 1. The maximum Gasteiger partial charge on any atom is 0.326 e. The van der Waals surface area contributed by atoms with E-state index in [2.05, 4.69) is 10.6 Å². The van der Waals surface area contributed by atoms with Gasteiger partial charge in [0.25, 0.3) is 0 Å². The van der Waals surface area contributed by atoms with Crippen molar-refractivity contribution in [3.63, 3.8) is 0 Å². The summed E-state index contributed by atoms with van der Waals surface area (Å²) in [6.07, 6.45) is 1.08. The number of carboxylic acid groups (broad SMARTS) is 1. The first kappa shape index (κ1) is 26.7. The van der Waals surface area contributed by atoms with Crippen LogP contribution >= 0.6 is 11.8 Å². The van der Waals surface area contributed by atoms with Gasteiger partial charge in [-0.15, -0.1) is 0 Å². The highest BCUT2D eigenvalue weighted by atomic mass is 32.2. The highest BCUT2D eigenvalue weighted by Gasteiger charge is 2.39. The zero-order valence-corrected chi connectivity index (χ0v) is 18.4. The summed E-state index contributed by atoms with van der Waals surface area (Å²) in [6.45, 7) is 1.51. The molecule has 8 N–H and O–H groups in total. The molecule has 31 heavy (non-hydrogen) atoms. The van der Waals surface area contributed by atoms with Gasteiger partial charge >= 0.3 is 5.97 Å². The van der Waals surface area contributed by atoms with Crippen LogP contribution in [0, 0.1) is 0 Å². The van der Waals surface area contributed by atoms with Crippen molar-refractivity contribution in [2.24, 2.45) is 11.5 Å². The highest BCUT2D eigenvalue weighted by Crippen LogP contribution is 2.19. The molecule has 0 spiro atoms. The summed E-state index contributed by atoms with van der Waals surface area (Å²) in [5, 5.41) is 23.6. The molecular formula is C18H31N5O7S. The molecule has 0 aromatic carbocycles. The average molecular weight is 462 g/mol. The van der Waals surface area contributed by atoms with Crippen molar-refractivity contribution >= 4 is 41.4 Å². The van der Waals surface area contributed by atoms with Crippen molar-refractivity contribution < 1.29 is 34.2 Å². The standard InChI is InChI=1S/C18H31N5O7S/c1-9(24)14(20)16(27)21-10(5-7-31-2)15(26)22-11(8-13(19)25)17(28)23-6-3-4-12(23)18(29)30/h9-12,14,24H,3-8,20H2,1-2H3,(H2,19,25)(H,21,27)(H,22,26)(H,29,30). The van der Waals surface area contributed by atoms with Gasteiger partial charge in [0.2, 0.25) is 23.6 Å². The van der Waals surface area contributed by atoms with Crippen molar-refractivity contribution in [3.8, 4) is 0 Å². The number of carbonyl (C=O) groups excluding carboxylic acids is 4. The predicted octanol–water partition coefficient (Wildman–Crippen LogP) is -2.63. The molecular weight excluding hydrogens is 430 g/mol. The van der Waals surface area contributed by atoms with E-state index in [4.69, 9.17) is 11.5 Å². The van der Waals surface area contributed by atoms with Gasteiger partial charge in [0.05, 0.1) is 12.5 Å². The van der Waals surface area contributed by atoms with Gasteiger partial charge in [-0.1, -0.05) is 0 Å². The number of primary amides is 1. The molecule has 0 aromatic heterocycles. The van der Waals surface area contributed by atoms with Crippen LogP contribution in [-0.2, 0) is 24.0 Å². The van der Waals surface area contributed by atoms with Crippen LogP contribution in [0.1, 0.15) is 32.6 Å². The molecule has 0 aliphatic carbocycles. The van der Waals surface area contributed by atoms with Crippen LogP contribution in [0.2, 0.25) is 0 Å². The Kier molecular flexibility index (Phi) is 10.7. The van der Waals surface area contributed by atoms with Gasteiger partial charge in [0, 0.05) is 6.54 Å². The molecule has 176 valence electrons. The molecule has 5 unspecified atom stereocenters. The van der Waals surface area contributed by atoms with Gasteiger partial charge in [-0.25, -0.2) is 4.79 Å². The van der Waals surface area contributed by atoms with Gasteiger partial charge in [0.15, 0.2) is 0 Å². The molecule has 13 heteroatoms. The second-order valence-corrected chi connectivity index (χ2v) is 8.35. The monoisotopic (exact) mass is 461 g/mol. The van der Waals surface area contributed by atoms with Crippen LogP contribution < -0.4 is 22.1 Å². The van der Waals surface area contributed by atoms with E-state index in [0.29, 0.717) is 12.2 Å². The molecule has 4 amide bonds. The van der Waals surface area contributed by atoms with Crippen LogP contribution in [0.3, 0.4) is 0 Å². The Morgan fingerprint density at radius 3 is 2.29 bits per heavy atom. The number of carbonyl (C=O) groups is 5. The Balaban J connectivity index is 2.99. The summed E-state index contributed by atoms with van der Waals surface area (Å²) in [5.74, 6) is -3.76. The zero-order chi connectivity index (χ0) is 23.7. The fourth-order valence-corrected chi connectivity index (χ4v) is 3.62. The first-order valence-corrected chi connectivity index (χ1v) is 11.2. The van der Waals surface area contributed by atoms with Crippen molar-refractivity contribution in [1.82, 2.24) is 15.5 Å². The van der Waals surface area contributed by atoms with Gasteiger partial charge < -0.3 is 37.2 Å². The van der Waals surface area contributed by atoms with Crippen molar-refractivity contribution in [1.29, 1.82) is 0 Å². The minimum atomic E-state index is -1.37. The molecule has 1 saturated heterocycles. The quantitative estimate of drug-likeness (QED) is 0.179. The average Bonchev–Trinajstić information content (AvgIpc) is 3.18. The summed E-state index contributed by atoms with van der Waals surface area (Å²) < 4.78 is 0. The van der Waals surface area contributed by atoms with E-state index in [0.717, 1.165) is 4.90 Å². The molecule has 1 heterocycles. The predicted molar refractivity (Wildman–Crippen MR) is 113 cm³/mol. The fraction of sp³-hybridized carbons (Fsp3) is 0.722. The number of amides is 4. The Labute approximate surface area is 184 Å². The molecule has 1 aliphatic rings.